The van der Waals surface area contributed by atoms with Gasteiger partial charge in [-0.2, -0.15) is 0 Å². The maximum absolute atomic E-state index is 12.5. The van der Waals surface area contributed by atoms with E-state index in [0.29, 0.717) is 29.2 Å². The van der Waals surface area contributed by atoms with Crippen LogP contribution < -0.4 is 14.8 Å². The minimum atomic E-state index is -1.01. The van der Waals surface area contributed by atoms with Crippen LogP contribution in [0.5, 0.6) is 11.5 Å². The molecule has 0 aliphatic rings. The molecule has 1 atom stereocenters. The number of nitrogens with one attached hydrogen (secondary N) is 1. The number of carboxylic acids is 1. The van der Waals surface area contributed by atoms with Crippen molar-refractivity contribution in [3.63, 3.8) is 0 Å². The second-order valence-corrected chi connectivity index (χ2v) is 6.81. The SMILES string of the molecule is CCCOc1ccc([C@H](CC(=O)O)NC(=O)c2cccc(Br)c2)cc1OC. The molecular weight excluding hydrogens is 414 g/mol. The molecule has 0 fully saturated rings. The van der Waals surface area contributed by atoms with Crippen LogP contribution in [-0.2, 0) is 4.79 Å². The average molecular weight is 436 g/mol. The van der Waals surface area contributed by atoms with E-state index in [-0.39, 0.29) is 12.3 Å². The highest BCUT2D eigenvalue weighted by molar-refractivity contribution is 9.10. The summed E-state index contributed by atoms with van der Waals surface area (Å²) in [4.78, 5) is 23.8. The lowest BCUT2D eigenvalue weighted by molar-refractivity contribution is -0.137. The molecule has 2 N–H and O–H groups in total. The molecule has 0 radical (unpaired) electrons. The Labute approximate surface area is 166 Å². The number of benzene rings is 2. The fourth-order valence-electron chi connectivity index (χ4n) is 2.53. The van der Waals surface area contributed by atoms with E-state index in [1.807, 2.05) is 13.0 Å². The molecule has 144 valence electrons. The van der Waals surface area contributed by atoms with Crippen molar-refractivity contribution in [2.45, 2.75) is 25.8 Å². The van der Waals surface area contributed by atoms with Gasteiger partial charge >= 0.3 is 5.97 Å². The lowest BCUT2D eigenvalue weighted by Crippen LogP contribution is -2.30. The third kappa shape index (κ3) is 5.99. The molecule has 0 heterocycles. The van der Waals surface area contributed by atoms with Crippen LogP contribution in [0.15, 0.2) is 46.9 Å². The summed E-state index contributed by atoms with van der Waals surface area (Å²) in [5.74, 6) is -0.295. The number of carbonyl (C=O) groups excluding carboxylic acids is 1. The quantitative estimate of drug-likeness (QED) is 0.616. The van der Waals surface area contributed by atoms with E-state index in [9.17, 15) is 14.7 Å². The molecule has 6 nitrogen and oxygen atoms in total. The van der Waals surface area contributed by atoms with Gasteiger partial charge in [0.2, 0.25) is 0 Å². The second-order valence-electron chi connectivity index (χ2n) is 5.89. The van der Waals surface area contributed by atoms with Crippen LogP contribution in [0.4, 0.5) is 0 Å². The second kappa shape index (κ2) is 9.97. The van der Waals surface area contributed by atoms with Crippen molar-refractivity contribution in [3.8, 4) is 11.5 Å². The van der Waals surface area contributed by atoms with Crippen molar-refractivity contribution in [1.29, 1.82) is 0 Å². The monoisotopic (exact) mass is 435 g/mol. The van der Waals surface area contributed by atoms with Crippen LogP contribution in [0.3, 0.4) is 0 Å². The minimum Gasteiger partial charge on any atom is -0.493 e. The zero-order valence-corrected chi connectivity index (χ0v) is 16.8. The van der Waals surface area contributed by atoms with Crippen molar-refractivity contribution in [3.05, 3.63) is 58.1 Å². The van der Waals surface area contributed by atoms with Crippen LogP contribution in [0.25, 0.3) is 0 Å². The van der Waals surface area contributed by atoms with E-state index >= 15 is 0 Å². The lowest BCUT2D eigenvalue weighted by atomic mass is 10.0. The zero-order chi connectivity index (χ0) is 19.8. The Balaban J connectivity index is 2.27. The van der Waals surface area contributed by atoms with Gasteiger partial charge in [0, 0.05) is 10.0 Å². The van der Waals surface area contributed by atoms with E-state index in [4.69, 9.17) is 9.47 Å². The predicted octanol–water partition coefficient (Wildman–Crippen LogP) is 4.19. The number of carbonyl (C=O) groups is 2. The van der Waals surface area contributed by atoms with Crippen molar-refractivity contribution in [2.75, 3.05) is 13.7 Å². The Hall–Kier alpha value is -2.54. The first-order chi connectivity index (χ1) is 12.9. The summed E-state index contributed by atoms with van der Waals surface area (Å²) in [6.45, 7) is 2.55. The number of halogens is 1. The smallest absolute Gasteiger partial charge is 0.305 e. The third-order valence-corrected chi connectivity index (χ3v) is 4.32. The van der Waals surface area contributed by atoms with E-state index in [2.05, 4.69) is 21.2 Å². The van der Waals surface area contributed by atoms with Gasteiger partial charge < -0.3 is 19.9 Å². The molecule has 1 amide bonds. The van der Waals surface area contributed by atoms with Crippen LogP contribution in [0.1, 0.15) is 41.7 Å². The molecule has 2 rings (SSSR count). The Kier molecular flexibility index (Phi) is 7.67. The molecule has 27 heavy (non-hydrogen) atoms. The van der Waals surface area contributed by atoms with E-state index in [1.165, 1.54) is 7.11 Å². The van der Waals surface area contributed by atoms with Crippen molar-refractivity contribution < 1.29 is 24.2 Å². The van der Waals surface area contributed by atoms with E-state index < -0.39 is 12.0 Å². The van der Waals surface area contributed by atoms with Gasteiger partial charge in [-0.05, 0) is 42.3 Å². The van der Waals surface area contributed by atoms with Gasteiger partial charge in [0.15, 0.2) is 11.5 Å². The lowest BCUT2D eigenvalue weighted by Gasteiger charge is -2.19. The van der Waals surface area contributed by atoms with Crippen molar-refractivity contribution in [2.24, 2.45) is 0 Å². The molecule has 0 aliphatic heterocycles. The van der Waals surface area contributed by atoms with Gasteiger partial charge in [0.1, 0.15) is 0 Å². The molecule has 7 heteroatoms. The van der Waals surface area contributed by atoms with Gasteiger partial charge in [-0.1, -0.05) is 35.0 Å². The van der Waals surface area contributed by atoms with Crippen LogP contribution in [-0.4, -0.2) is 30.7 Å². The first-order valence-electron chi connectivity index (χ1n) is 8.53. The van der Waals surface area contributed by atoms with Crippen molar-refractivity contribution >= 4 is 27.8 Å². The highest BCUT2D eigenvalue weighted by Crippen LogP contribution is 2.31. The Morgan fingerprint density at radius 2 is 1.96 bits per heavy atom. The summed E-state index contributed by atoms with van der Waals surface area (Å²) >= 11 is 3.32. The summed E-state index contributed by atoms with van der Waals surface area (Å²) in [5, 5.41) is 12.0. The largest absolute Gasteiger partial charge is 0.493 e. The average Bonchev–Trinajstić information content (AvgIpc) is 2.65. The molecule has 0 bridgehead atoms. The molecule has 0 saturated heterocycles. The number of hydrogen-bond acceptors (Lipinski definition) is 4. The van der Waals surface area contributed by atoms with Crippen molar-refractivity contribution in [1.82, 2.24) is 5.32 Å². The fraction of sp³-hybridized carbons (Fsp3) is 0.300. The van der Waals surface area contributed by atoms with Crippen LogP contribution in [0.2, 0.25) is 0 Å². The number of aliphatic carboxylic acids is 1. The third-order valence-electron chi connectivity index (χ3n) is 3.82. The van der Waals surface area contributed by atoms with Gasteiger partial charge in [-0.15, -0.1) is 0 Å². The Morgan fingerprint density at radius 3 is 2.59 bits per heavy atom. The number of hydrogen-bond donors (Lipinski definition) is 2. The van der Waals surface area contributed by atoms with E-state index in [0.717, 1.165) is 10.9 Å². The number of methoxy groups -OCH3 is 1. The summed E-state index contributed by atoms with van der Waals surface area (Å²) in [6, 6.07) is 11.4. The standard InChI is InChI=1S/C20H22BrNO5/c1-3-9-27-17-8-7-13(11-18(17)26-2)16(12-19(23)24)22-20(25)14-5-4-6-15(21)10-14/h4-8,10-11,16H,3,9,12H2,1-2H3,(H,22,25)(H,23,24)/t16-/m0/s1. The number of ether oxygens (including phenoxy) is 2. The van der Waals surface area contributed by atoms with E-state index in [1.54, 1.807) is 36.4 Å². The maximum atomic E-state index is 12.5. The Bertz CT molecular complexity index is 809. The maximum Gasteiger partial charge on any atom is 0.305 e. The highest BCUT2D eigenvalue weighted by atomic mass is 79.9. The van der Waals surface area contributed by atoms with Gasteiger partial charge in [-0.3, -0.25) is 9.59 Å². The first kappa shape index (κ1) is 20.8. The summed E-state index contributed by atoms with van der Waals surface area (Å²) in [6.07, 6.45) is 0.604. The number of carboxylic acid groups (broad SMARTS) is 1. The first-order valence-corrected chi connectivity index (χ1v) is 9.32. The molecule has 0 saturated carbocycles. The molecule has 0 unspecified atom stereocenters. The predicted molar refractivity (Wildman–Crippen MR) is 105 cm³/mol. The topological polar surface area (TPSA) is 84.9 Å². The molecule has 0 spiro atoms. The molecule has 0 aromatic heterocycles. The summed E-state index contributed by atoms with van der Waals surface area (Å²) in [7, 11) is 1.52. The van der Waals surface area contributed by atoms with Crippen LogP contribution >= 0.6 is 15.9 Å². The van der Waals surface area contributed by atoms with Gasteiger partial charge in [0.05, 0.1) is 26.2 Å². The minimum absolute atomic E-state index is 0.252. The van der Waals surface area contributed by atoms with Gasteiger partial charge in [-0.25, -0.2) is 0 Å². The normalized spacial score (nSPS) is 11.5. The van der Waals surface area contributed by atoms with Gasteiger partial charge in [0.25, 0.3) is 5.91 Å². The molecule has 2 aromatic carbocycles. The molecule has 0 aliphatic carbocycles. The fourth-order valence-corrected chi connectivity index (χ4v) is 2.93. The molecular formula is C20H22BrNO5. The Morgan fingerprint density at radius 1 is 1.19 bits per heavy atom. The van der Waals surface area contributed by atoms with Crippen LogP contribution in [0, 0.1) is 0 Å². The highest BCUT2D eigenvalue weighted by Gasteiger charge is 2.21. The zero-order valence-electron chi connectivity index (χ0n) is 15.2. The molecule has 2 aromatic rings. The number of rotatable bonds is 9. The summed E-state index contributed by atoms with van der Waals surface area (Å²) in [5.41, 5.74) is 1.07. The summed E-state index contributed by atoms with van der Waals surface area (Å²) < 4.78 is 11.7. The number of amides is 1.